The SMILES string of the molecule is CCOC(=O)[C@@H](CNCc1ccccc1)[C@@H](O)[C@H]1O[C@@H]2OC(C)(C)O[C@@H]2[C@H]1OCc1ccccc1. The summed E-state index contributed by atoms with van der Waals surface area (Å²) in [6, 6.07) is 19.6. The number of fused-ring (bicyclic) bond motifs is 1. The molecular weight excluding hydrogens is 450 g/mol. The van der Waals surface area contributed by atoms with Crippen molar-refractivity contribution in [3.05, 3.63) is 71.8 Å². The molecule has 6 atom stereocenters. The molecule has 4 rings (SSSR count). The number of carbonyl (C=O) groups excluding carboxylic acids is 1. The lowest BCUT2D eigenvalue weighted by molar-refractivity contribution is -0.234. The molecule has 190 valence electrons. The average molecular weight is 486 g/mol. The highest BCUT2D eigenvalue weighted by Gasteiger charge is 2.58. The predicted molar refractivity (Wildman–Crippen MR) is 128 cm³/mol. The molecule has 0 unspecified atom stereocenters. The molecule has 0 bridgehead atoms. The van der Waals surface area contributed by atoms with Crippen LogP contribution in [0.4, 0.5) is 0 Å². The maximum atomic E-state index is 12.8. The summed E-state index contributed by atoms with van der Waals surface area (Å²) in [5.41, 5.74) is 2.05. The van der Waals surface area contributed by atoms with Crippen molar-refractivity contribution >= 4 is 5.97 Å². The van der Waals surface area contributed by atoms with Gasteiger partial charge in [-0.15, -0.1) is 0 Å². The Bertz CT molecular complexity index is 939. The smallest absolute Gasteiger partial charge is 0.312 e. The van der Waals surface area contributed by atoms with Gasteiger partial charge in [0.05, 0.1) is 25.2 Å². The number of ether oxygens (including phenoxy) is 5. The van der Waals surface area contributed by atoms with E-state index in [1.807, 2.05) is 74.5 Å². The number of esters is 1. The zero-order chi connectivity index (χ0) is 24.8. The lowest BCUT2D eigenvalue weighted by Gasteiger charge is -2.31. The highest BCUT2D eigenvalue weighted by Crippen LogP contribution is 2.41. The summed E-state index contributed by atoms with van der Waals surface area (Å²) in [5, 5.41) is 14.7. The van der Waals surface area contributed by atoms with Gasteiger partial charge >= 0.3 is 5.97 Å². The first-order valence-corrected chi connectivity index (χ1v) is 12.1. The second-order valence-electron chi connectivity index (χ2n) is 9.30. The first-order chi connectivity index (χ1) is 16.9. The molecule has 0 amide bonds. The molecule has 2 aromatic carbocycles. The van der Waals surface area contributed by atoms with Gasteiger partial charge in [-0.05, 0) is 31.9 Å². The Hall–Kier alpha value is -2.33. The van der Waals surface area contributed by atoms with Crippen molar-refractivity contribution in [3.63, 3.8) is 0 Å². The second-order valence-corrected chi connectivity index (χ2v) is 9.30. The molecule has 2 N–H and O–H groups in total. The van der Waals surface area contributed by atoms with Crippen LogP contribution in [0.3, 0.4) is 0 Å². The summed E-state index contributed by atoms with van der Waals surface area (Å²) < 4.78 is 29.6. The molecule has 2 saturated heterocycles. The van der Waals surface area contributed by atoms with Crippen molar-refractivity contribution in [1.29, 1.82) is 0 Å². The van der Waals surface area contributed by atoms with Crippen LogP contribution in [-0.2, 0) is 41.6 Å². The van der Waals surface area contributed by atoms with E-state index in [1.54, 1.807) is 6.92 Å². The fourth-order valence-corrected chi connectivity index (χ4v) is 4.53. The van der Waals surface area contributed by atoms with Crippen LogP contribution in [0.15, 0.2) is 60.7 Å². The topological polar surface area (TPSA) is 95.5 Å². The van der Waals surface area contributed by atoms with E-state index in [9.17, 15) is 9.90 Å². The van der Waals surface area contributed by atoms with Gasteiger partial charge in [0.15, 0.2) is 12.1 Å². The molecule has 8 heteroatoms. The van der Waals surface area contributed by atoms with Crippen molar-refractivity contribution < 1.29 is 33.6 Å². The quantitative estimate of drug-likeness (QED) is 0.469. The maximum Gasteiger partial charge on any atom is 0.312 e. The van der Waals surface area contributed by atoms with Crippen molar-refractivity contribution in [2.45, 2.75) is 70.4 Å². The fraction of sp³-hybridized carbons (Fsp3) is 0.519. The van der Waals surface area contributed by atoms with Crippen molar-refractivity contribution in [1.82, 2.24) is 5.32 Å². The van der Waals surface area contributed by atoms with Gasteiger partial charge in [-0.2, -0.15) is 0 Å². The van der Waals surface area contributed by atoms with E-state index in [-0.39, 0.29) is 13.2 Å². The van der Waals surface area contributed by atoms with Crippen molar-refractivity contribution in [2.75, 3.05) is 13.2 Å². The molecule has 2 aliphatic rings. The largest absolute Gasteiger partial charge is 0.466 e. The number of benzene rings is 2. The normalized spacial score (nSPS) is 26.7. The van der Waals surface area contributed by atoms with E-state index in [4.69, 9.17) is 23.7 Å². The van der Waals surface area contributed by atoms with Crippen LogP contribution in [0.25, 0.3) is 0 Å². The van der Waals surface area contributed by atoms with Crippen LogP contribution in [0.2, 0.25) is 0 Å². The predicted octanol–water partition coefficient (Wildman–Crippen LogP) is 2.78. The molecule has 0 spiro atoms. The van der Waals surface area contributed by atoms with E-state index in [0.29, 0.717) is 13.2 Å². The van der Waals surface area contributed by atoms with Gasteiger partial charge in [0.2, 0.25) is 0 Å². The molecule has 2 heterocycles. The summed E-state index contributed by atoms with van der Waals surface area (Å²) in [7, 11) is 0. The summed E-state index contributed by atoms with van der Waals surface area (Å²) in [5.74, 6) is -2.19. The minimum absolute atomic E-state index is 0.211. The summed E-state index contributed by atoms with van der Waals surface area (Å²) in [6.45, 7) is 6.64. The molecule has 0 aliphatic carbocycles. The molecule has 0 saturated carbocycles. The number of aliphatic hydroxyl groups is 1. The monoisotopic (exact) mass is 485 g/mol. The van der Waals surface area contributed by atoms with E-state index >= 15 is 0 Å². The average Bonchev–Trinajstić information content (AvgIpc) is 3.33. The van der Waals surface area contributed by atoms with Gasteiger partial charge in [-0.1, -0.05) is 60.7 Å². The maximum absolute atomic E-state index is 12.8. The van der Waals surface area contributed by atoms with E-state index < -0.39 is 48.4 Å². The number of nitrogens with one attached hydrogen (secondary N) is 1. The first-order valence-electron chi connectivity index (χ1n) is 12.1. The van der Waals surface area contributed by atoms with Crippen LogP contribution in [0, 0.1) is 5.92 Å². The number of hydrogen-bond donors (Lipinski definition) is 2. The highest BCUT2D eigenvalue weighted by molar-refractivity contribution is 5.73. The van der Waals surface area contributed by atoms with Gasteiger partial charge < -0.3 is 34.1 Å². The van der Waals surface area contributed by atoms with E-state index in [1.165, 1.54) is 0 Å². The minimum atomic E-state index is -1.20. The van der Waals surface area contributed by atoms with Crippen LogP contribution < -0.4 is 5.32 Å². The minimum Gasteiger partial charge on any atom is -0.466 e. The van der Waals surface area contributed by atoms with Gasteiger partial charge in [-0.3, -0.25) is 4.79 Å². The lowest BCUT2D eigenvalue weighted by Crippen LogP contribution is -2.50. The summed E-state index contributed by atoms with van der Waals surface area (Å²) >= 11 is 0. The molecule has 0 radical (unpaired) electrons. The van der Waals surface area contributed by atoms with E-state index in [2.05, 4.69) is 5.32 Å². The summed E-state index contributed by atoms with van der Waals surface area (Å²) in [6.07, 6.45) is -3.90. The number of rotatable bonds is 11. The third-order valence-corrected chi connectivity index (χ3v) is 6.19. The fourth-order valence-electron chi connectivity index (χ4n) is 4.53. The molecular formula is C27H35NO7. The second kappa shape index (κ2) is 11.6. The van der Waals surface area contributed by atoms with Crippen LogP contribution in [0.1, 0.15) is 31.9 Å². The van der Waals surface area contributed by atoms with Crippen molar-refractivity contribution in [2.24, 2.45) is 5.92 Å². The first kappa shape index (κ1) is 25.8. The van der Waals surface area contributed by atoms with E-state index in [0.717, 1.165) is 11.1 Å². The molecule has 2 aliphatic heterocycles. The van der Waals surface area contributed by atoms with Crippen LogP contribution in [-0.4, -0.2) is 60.7 Å². The Morgan fingerprint density at radius 1 is 1.06 bits per heavy atom. The van der Waals surface area contributed by atoms with Gasteiger partial charge in [0.25, 0.3) is 0 Å². The molecule has 0 aromatic heterocycles. The Morgan fingerprint density at radius 3 is 2.37 bits per heavy atom. The molecule has 8 nitrogen and oxygen atoms in total. The molecule has 35 heavy (non-hydrogen) atoms. The number of carbonyl (C=O) groups is 1. The van der Waals surface area contributed by atoms with Gasteiger partial charge in [0, 0.05) is 13.1 Å². The number of hydrogen-bond acceptors (Lipinski definition) is 8. The highest BCUT2D eigenvalue weighted by atomic mass is 16.8. The Kier molecular flexibility index (Phi) is 8.54. The van der Waals surface area contributed by atoms with Crippen LogP contribution >= 0.6 is 0 Å². The van der Waals surface area contributed by atoms with Gasteiger partial charge in [-0.25, -0.2) is 0 Å². The molecule has 2 aromatic rings. The number of aliphatic hydroxyl groups excluding tert-OH is 1. The third-order valence-electron chi connectivity index (χ3n) is 6.19. The summed E-state index contributed by atoms with van der Waals surface area (Å²) in [4.78, 5) is 12.8. The standard InChI is InChI=1S/C27H35NO7/c1-4-31-25(30)20(16-28-15-18-11-7-5-8-12-18)21(29)22-23(32-17-19-13-9-6-10-14-19)24-26(33-22)35-27(2,3)34-24/h5-14,20-24,26,28-29H,4,15-17H2,1-3H3/t20-,21+,22+,23-,24+,26+/m0/s1. The Morgan fingerprint density at radius 2 is 1.71 bits per heavy atom. The van der Waals surface area contributed by atoms with Crippen molar-refractivity contribution in [3.8, 4) is 0 Å². The Labute approximate surface area is 206 Å². The zero-order valence-corrected chi connectivity index (χ0v) is 20.5. The zero-order valence-electron chi connectivity index (χ0n) is 20.5. The van der Waals surface area contributed by atoms with Gasteiger partial charge in [0.1, 0.15) is 18.3 Å². The van der Waals surface area contributed by atoms with Crippen LogP contribution in [0.5, 0.6) is 0 Å². The third kappa shape index (κ3) is 6.46. The Balaban J connectivity index is 1.48. The molecule has 2 fully saturated rings. The lowest BCUT2D eigenvalue weighted by atomic mass is 9.93.